The van der Waals surface area contributed by atoms with Crippen LogP contribution in [0.1, 0.15) is 33.7 Å². The molecule has 0 spiro atoms. The standard InChI is InChI=1S/C14H19N3OS/c1-13(2)11(14(13,3)4)17-10-8(15-12(17)19)6-7-9(16-10)18-5/h6-7,11H,1-5H3,(H,15,19). The lowest BCUT2D eigenvalue weighted by atomic mass is 10.0. The number of H-pyrrole nitrogens is 1. The summed E-state index contributed by atoms with van der Waals surface area (Å²) < 4.78 is 8.10. The van der Waals surface area contributed by atoms with Crippen molar-refractivity contribution < 1.29 is 4.74 Å². The molecule has 0 saturated heterocycles. The summed E-state index contributed by atoms with van der Waals surface area (Å²) in [6.45, 7) is 9.10. The minimum absolute atomic E-state index is 0.213. The average Bonchev–Trinajstić information content (AvgIpc) is 2.63. The molecular weight excluding hydrogens is 258 g/mol. The summed E-state index contributed by atoms with van der Waals surface area (Å²) >= 11 is 5.48. The van der Waals surface area contributed by atoms with Crippen LogP contribution in [0.2, 0.25) is 0 Å². The van der Waals surface area contributed by atoms with Crippen molar-refractivity contribution >= 4 is 23.4 Å². The zero-order chi connectivity index (χ0) is 14.0. The Morgan fingerprint density at radius 1 is 1.26 bits per heavy atom. The Morgan fingerprint density at radius 3 is 2.42 bits per heavy atom. The van der Waals surface area contributed by atoms with Crippen molar-refractivity contribution in [2.24, 2.45) is 10.8 Å². The minimum Gasteiger partial charge on any atom is -0.481 e. The van der Waals surface area contributed by atoms with Gasteiger partial charge in [-0.2, -0.15) is 4.98 Å². The molecule has 3 rings (SSSR count). The van der Waals surface area contributed by atoms with Gasteiger partial charge in [0.15, 0.2) is 10.4 Å². The van der Waals surface area contributed by atoms with Gasteiger partial charge in [0.2, 0.25) is 5.88 Å². The molecule has 19 heavy (non-hydrogen) atoms. The van der Waals surface area contributed by atoms with Gasteiger partial charge in [-0.15, -0.1) is 0 Å². The number of hydrogen-bond donors (Lipinski definition) is 1. The fourth-order valence-electron chi connectivity index (χ4n) is 3.14. The lowest BCUT2D eigenvalue weighted by molar-refractivity contribution is 0.398. The van der Waals surface area contributed by atoms with E-state index in [2.05, 4.69) is 42.2 Å². The third-order valence-corrected chi connectivity index (χ3v) is 5.25. The molecule has 2 aromatic heterocycles. The maximum atomic E-state index is 5.48. The van der Waals surface area contributed by atoms with Crippen LogP contribution in [-0.4, -0.2) is 21.6 Å². The summed E-state index contributed by atoms with van der Waals surface area (Å²) in [5.74, 6) is 0.617. The van der Waals surface area contributed by atoms with Gasteiger partial charge in [0, 0.05) is 12.1 Å². The molecule has 0 radical (unpaired) electrons. The van der Waals surface area contributed by atoms with E-state index in [1.807, 2.05) is 12.1 Å². The number of hydrogen-bond acceptors (Lipinski definition) is 3. The van der Waals surface area contributed by atoms with Gasteiger partial charge >= 0.3 is 0 Å². The molecule has 0 amide bonds. The number of ether oxygens (including phenoxy) is 1. The lowest BCUT2D eigenvalue weighted by Gasteiger charge is -2.06. The van der Waals surface area contributed by atoms with Crippen LogP contribution < -0.4 is 4.74 Å². The number of rotatable bonds is 2. The van der Waals surface area contributed by atoms with Crippen molar-refractivity contribution in [2.45, 2.75) is 33.7 Å². The number of imidazole rings is 1. The highest BCUT2D eigenvalue weighted by Gasteiger charge is 2.66. The minimum atomic E-state index is 0.213. The fraction of sp³-hybridized carbons (Fsp3) is 0.571. The van der Waals surface area contributed by atoms with Crippen molar-refractivity contribution in [1.82, 2.24) is 14.5 Å². The second-order valence-electron chi connectivity index (χ2n) is 6.37. The van der Waals surface area contributed by atoms with E-state index in [0.29, 0.717) is 11.9 Å². The van der Waals surface area contributed by atoms with Crippen LogP contribution in [0.15, 0.2) is 12.1 Å². The first-order chi connectivity index (χ1) is 8.80. The van der Waals surface area contributed by atoms with Gasteiger partial charge in [-0.3, -0.25) is 4.57 Å². The largest absolute Gasteiger partial charge is 0.481 e. The molecule has 102 valence electrons. The molecule has 0 unspecified atom stereocenters. The maximum Gasteiger partial charge on any atom is 0.215 e. The van der Waals surface area contributed by atoms with Crippen LogP contribution in [0.25, 0.3) is 11.2 Å². The molecule has 0 bridgehead atoms. The molecule has 5 heteroatoms. The van der Waals surface area contributed by atoms with E-state index in [9.17, 15) is 0 Å². The first-order valence-electron chi connectivity index (χ1n) is 6.46. The molecule has 2 heterocycles. The molecule has 1 aliphatic rings. The van der Waals surface area contributed by atoms with E-state index in [4.69, 9.17) is 17.0 Å². The molecule has 1 fully saturated rings. The van der Waals surface area contributed by atoms with Crippen LogP contribution in [0.3, 0.4) is 0 Å². The van der Waals surface area contributed by atoms with Gasteiger partial charge in [0.1, 0.15) is 0 Å². The summed E-state index contributed by atoms with van der Waals surface area (Å²) in [6.07, 6.45) is 0. The Balaban J connectivity index is 2.25. The van der Waals surface area contributed by atoms with Crippen LogP contribution in [0.4, 0.5) is 0 Å². The van der Waals surface area contributed by atoms with Gasteiger partial charge in [0.05, 0.1) is 12.6 Å². The highest BCUT2D eigenvalue weighted by molar-refractivity contribution is 7.71. The molecule has 2 aromatic rings. The number of pyridine rings is 1. The zero-order valence-corrected chi connectivity index (χ0v) is 12.8. The Labute approximate surface area is 117 Å². The van der Waals surface area contributed by atoms with Crippen molar-refractivity contribution in [3.05, 3.63) is 16.9 Å². The number of aromatic nitrogens is 3. The van der Waals surface area contributed by atoms with E-state index in [0.717, 1.165) is 15.9 Å². The molecular formula is C14H19N3OS. The van der Waals surface area contributed by atoms with Crippen molar-refractivity contribution in [3.8, 4) is 5.88 Å². The highest BCUT2D eigenvalue weighted by atomic mass is 32.1. The SMILES string of the molecule is COc1ccc2[nH]c(=S)n(C3C(C)(C)C3(C)C)c2n1. The molecule has 4 nitrogen and oxygen atoms in total. The monoisotopic (exact) mass is 277 g/mol. The van der Waals surface area contributed by atoms with Crippen molar-refractivity contribution in [1.29, 1.82) is 0 Å². The summed E-state index contributed by atoms with van der Waals surface area (Å²) in [7, 11) is 1.63. The number of fused-ring (bicyclic) bond motifs is 1. The predicted octanol–water partition coefficient (Wildman–Crippen LogP) is 3.71. The Kier molecular flexibility index (Phi) is 2.40. The van der Waals surface area contributed by atoms with Gasteiger partial charge < -0.3 is 9.72 Å². The third kappa shape index (κ3) is 1.51. The average molecular weight is 277 g/mol. The lowest BCUT2D eigenvalue weighted by Crippen LogP contribution is -2.02. The van der Waals surface area contributed by atoms with E-state index in [-0.39, 0.29) is 10.8 Å². The predicted molar refractivity (Wildman–Crippen MR) is 78.1 cm³/mol. The van der Waals surface area contributed by atoms with Gasteiger partial charge in [0.25, 0.3) is 0 Å². The quantitative estimate of drug-likeness (QED) is 0.851. The normalized spacial score (nSPS) is 20.7. The number of nitrogens with one attached hydrogen (secondary N) is 1. The first-order valence-corrected chi connectivity index (χ1v) is 6.87. The second kappa shape index (κ2) is 3.60. The van der Waals surface area contributed by atoms with Crippen LogP contribution in [-0.2, 0) is 0 Å². The Bertz CT molecular complexity index is 697. The molecule has 0 atom stereocenters. The summed E-state index contributed by atoms with van der Waals surface area (Å²) in [5, 5.41) is 0. The molecule has 0 aromatic carbocycles. The maximum absolute atomic E-state index is 5.48. The third-order valence-electron chi connectivity index (χ3n) is 4.95. The summed E-state index contributed by atoms with van der Waals surface area (Å²) in [5.41, 5.74) is 2.27. The van der Waals surface area contributed by atoms with E-state index < -0.39 is 0 Å². The highest BCUT2D eigenvalue weighted by Crippen LogP contribution is 2.71. The van der Waals surface area contributed by atoms with E-state index in [1.54, 1.807) is 7.11 Å². The zero-order valence-electron chi connectivity index (χ0n) is 11.9. The van der Waals surface area contributed by atoms with Crippen LogP contribution >= 0.6 is 12.2 Å². The number of aromatic amines is 1. The van der Waals surface area contributed by atoms with Crippen LogP contribution in [0.5, 0.6) is 5.88 Å². The Hall–Kier alpha value is -1.36. The number of methoxy groups -OCH3 is 1. The van der Waals surface area contributed by atoms with E-state index in [1.165, 1.54) is 0 Å². The van der Waals surface area contributed by atoms with Gasteiger partial charge in [-0.1, -0.05) is 27.7 Å². The van der Waals surface area contributed by atoms with Crippen LogP contribution in [0, 0.1) is 15.6 Å². The topological polar surface area (TPSA) is 42.8 Å². The molecule has 1 aliphatic carbocycles. The molecule has 0 aliphatic heterocycles. The summed E-state index contributed by atoms with van der Waals surface area (Å²) in [6, 6.07) is 4.18. The van der Waals surface area contributed by atoms with E-state index >= 15 is 0 Å². The second-order valence-corrected chi connectivity index (χ2v) is 6.76. The molecule has 1 saturated carbocycles. The summed E-state index contributed by atoms with van der Waals surface area (Å²) in [4.78, 5) is 7.78. The van der Waals surface area contributed by atoms with Gasteiger partial charge in [-0.05, 0) is 29.1 Å². The fourth-order valence-corrected chi connectivity index (χ4v) is 3.45. The van der Waals surface area contributed by atoms with Crippen molar-refractivity contribution in [3.63, 3.8) is 0 Å². The van der Waals surface area contributed by atoms with Gasteiger partial charge in [-0.25, -0.2) is 0 Å². The first kappa shape index (κ1) is 12.7. The Morgan fingerprint density at radius 2 is 1.89 bits per heavy atom. The number of nitrogens with zero attached hydrogens (tertiary/aromatic N) is 2. The van der Waals surface area contributed by atoms with Crippen molar-refractivity contribution in [2.75, 3.05) is 7.11 Å². The molecule has 1 N–H and O–H groups in total. The smallest absolute Gasteiger partial charge is 0.215 e.